The molecule has 278 valence electrons. The summed E-state index contributed by atoms with van der Waals surface area (Å²) in [5.41, 5.74) is 0.478. The van der Waals surface area contributed by atoms with E-state index in [9.17, 15) is 9.59 Å². The number of cyclic esters (lactones) is 1. The van der Waals surface area contributed by atoms with Crippen molar-refractivity contribution in [2.24, 2.45) is 17.3 Å². The second kappa shape index (κ2) is 16.1. The number of fused-ring (bicyclic) bond motifs is 1. The number of ether oxygens (including phenoxy) is 2. The van der Waals surface area contributed by atoms with Gasteiger partial charge in [-0.15, -0.1) is 11.3 Å². The minimum Gasteiger partial charge on any atom is -0.458 e. The maximum atomic E-state index is 14.9. The van der Waals surface area contributed by atoms with Crippen molar-refractivity contribution in [1.82, 2.24) is 4.98 Å². The molecule has 1 saturated heterocycles. The van der Waals surface area contributed by atoms with E-state index in [0.717, 1.165) is 40.8 Å². The fourth-order valence-electron chi connectivity index (χ4n) is 6.87. The Morgan fingerprint density at radius 1 is 1.08 bits per heavy atom. The largest absolute Gasteiger partial charge is 0.458 e. The number of aryl methyl sites for hydroxylation is 1. The maximum Gasteiger partial charge on any atom is 0.309 e. The number of rotatable bonds is 9. The summed E-state index contributed by atoms with van der Waals surface area (Å²) in [5, 5.41) is 2.99. The van der Waals surface area contributed by atoms with Gasteiger partial charge < -0.3 is 18.3 Å². The van der Waals surface area contributed by atoms with Crippen LogP contribution in [0.4, 0.5) is 0 Å². The first-order valence-electron chi connectivity index (χ1n) is 18.6. The zero-order chi connectivity index (χ0) is 37.2. The van der Waals surface area contributed by atoms with Gasteiger partial charge in [-0.3, -0.25) is 9.59 Å². The van der Waals surface area contributed by atoms with Gasteiger partial charge in [0.25, 0.3) is 0 Å². The summed E-state index contributed by atoms with van der Waals surface area (Å²) in [5.74, 6) is -0.707. The molecule has 0 saturated carbocycles. The molecular weight excluding hydrogens is 667 g/mol. The molecule has 1 aromatic heterocycles. The van der Waals surface area contributed by atoms with E-state index in [0.29, 0.717) is 6.42 Å². The Morgan fingerprint density at radius 3 is 2.22 bits per heavy atom. The molecule has 3 rings (SSSR count). The van der Waals surface area contributed by atoms with E-state index < -0.39 is 40.2 Å². The van der Waals surface area contributed by atoms with E-state index in [-0.39, 0.29) is 46.9 Å². The molecule has 49 heavy (non-hydrogen) atoms. The van der Waals surface area contributed by atoms with Crippen LogP contribution in [0.1, 0.15) is 113 Å². The molecule has 0 spiro atoms. The molecule has 7 nitrogen and oxygen atoms in total. The third kappa shape index (κ3) is 10.1. The molecule has 0 unspecified atom stereocenters. The summed E-state index contributed by atoms with van der Waals surface area (Å²) in [6.45, 7) is 32.0. The van der Waals surface area contributed by atoms with Crippen LogP contribution in [0.5, 0.6) is 0 Å². The van der Waals surface area contributed by atoms with Gasteiger partial charge in [0, 0.05) is 23.1 Å². The second-order valence-electron chi connectivity index (χ2n) is 17.1. The highest BCUT2D eigenvalue weighted by Gasteiger charge is 2.53. The SMILES string of the molecule is CC[Si](CC)(CC)O[C@H]1CC(=O)O[C@H](/C(C)=C/c2csc(C)n2)C[C@@H]2O[C@]2(C)C/C=C/[C@H](C)[C@H](O[Si](C)(C)C(C)(C)C)[C@@H](C)C(=O)C1(C)C. The smallest absolute Gasteiger partial charge is 0.309 e. The van der Waals surface area contributed by atoms with Crippen LogP contribution in [0.2, 0.25) is 36.3 Å². The first kappa shape index (κ1) is 42.0. The van der Waals surface area contributed by atoms with E-state index in [4.69, 9.17) is 18.3 Å². The molecule has 0 bridgehead atoms. The van der Waals surface area contributed by atoms with Gasteiger partial charge in [-0.1, -0.05) is 81.4 Å². The Hall–Kier alpha value is -1.44. The van der Waals surface area contributed by atoms with E-state index in [1.165, 1.54) is 0 Å². The maximum absolute atomic E-state index is 14.9. The van der Waals surface area contributed by atoms with Crippen molar-refractivity contribution in [3.63, 3.8) is 0 Å². The monoisotopic (exact) mass is 733 g/mol. The molecular formula is C39H67NO6SSi2. The molecule has 0 N–H and O–H groups in total. The van der Waals surface area contributed by atoms with Crippen molar-refractivity contribution >= 4 is 45.8 Å². The number of esters is 1. The summed E-state index contributed by atoms with van der Waals surface area (Å²) < 4.78 is 26.9. The Labute approximate surface area is 304 Å². The number of hydrogen-bond donors (Lipinski definition) is 0. The lowest BCUT2D eigenvalue weighted by Gasteiger charge is -2.45. The van der Waals surface area contributed by atoms with Crippen LogP contribution in [-0.4, -0.2) is 63.4 Å². The van der Waals surface area contributed by atoms with E-state index in [1.807, 2.05) is 46.1 Å². The van der Waals surface area contributed by atoms with Crippen LogP contribution in [0.3, 0.4) is 0 Å². The molecule has 10 heteroatoms. The van der Waals surface area contributed by atoms with Gasteiger partial charge in [-0.25, -0.2) is 4.98 Å². The van der Waals surface area contributed by atoms with Crippen molar-refractivity contribution in [2.45, 2.75) is 176 Å². The van der Waals surface area contributed by atoms with Gasteiger partial charge in [0.05, 0.1) is 41.0 Å². The minimum absolute atomic E-state index is 0.00296. The quantitative estimate of drug-likeness (QED) is 0.108. The number of aromatic nitrogens is 1. The van der Waals surface area contributed by atoms with Gasteiger partial charge in [0.15, 0.2) is 16.6 Å². The summed E-state index contributed by atoms with van der Waals surface area (Å²) in [4.78, 5) is 33.6. The Bertz CT molecular complexity index is 1350. The van der Waals surface area contributed by atoms with Crippen molar-refractivity contribution in [1.29, 1.82) is 0 Å². The summed E-state index contributed by atoms with van der Waals surface area (Å²) in [7, 11) is -4.47. The van der Waals surface area contributed by atoms with Gasteiger partial charge in [0.2, 0.25) is 0 Å². The Balaban J connectivity index is 2.12. The third-order valence-electron chi connectivity index (χ3n) is 12.0. The van der Waals surface area contributed by atoms with Crippen LogP contribution in [0.15, 0.2) is 23.1 Å². The number of thiazole rings is 1. The highest BCUT2D eigenvalue weighted by Crippen LogP contribution is 2.45. The molecule has 2 aliphatic heterocycles. The highest BCUT2D eigenvalue weighted by molar-refractivity contribution is 7.09. The molecule has 3 heterocycles. The second-order valence-corrected chi connectivity index (χ2v) is 27.6. The molecule has 1 fully saturated rings. The van der Waals surface area contributed by atoms with Crippen molar-refractivity contribution < 1.29 is 27.9 Å². The van der Waals surface area contributed by atoms with E-state index >= 15 is 0 Å². The highest BCUT2D eigenvalue weighted by atomic mass is 32.1. The summed E-state index contributed by atoms with van der Waals surface area (Å²) >= 11 is 1.60. The zero-order valence-electron chi connectivity index (χ0n) is 33.3. The third-order valence-corrected chi connectivity index (χ3v) is 21.9. The lowest BCUT2D eigenvalue weighted by atomic mass is 9.73. The number of carbonyl (C=O) groups excluding carboxylic acids is 2. The minimum atomic E-state index is -2.24. The van der Waals surface area contributed by atoms with Gasteiger partial charge >= 0.3 is 5.97 Å². The first-order chi connectivity index (χ1) is 22.5. The van der Waals surface area contributed by atoms with Crippen LogP contribution < -0.4 is 0 Å². The van der Waals surface area contributed by atoms with Crippen LogP contribution in [-0.2, 0) is 27.9 Å². The summed E-state index contributed by atoms with van der Waals surface area (Å²) in [6.07, 6.45) is 6.23. The Kier molecular flexibility index (Phi) is 13.8. The van der Waals surface area contributed by atoms with Crippen LogP contribution >= 0.6 is 11.3 Å². The average molecular weight is 734 g/mol. The van der Waals surface area contributed by atoms with Crippen molar-refractivity contribution in [3.05, 3.63) is 33.8 Å². The predicted molar refractivity (Wildman–Crippen MR) is 208 cm³/mol. The van der Waals surface area contributed by atoms with Gasteiger partial charge in [-0.05, 0) is 81.0 Å². The standard InChI is InChI=1S/C39H67NO6SSi2/c1-16-49(17-2,18-3)45-32-24-34(41)43-31(27(5)22-30-25-47-29(7)40-30)23-33-39(13,44-33)21-19-20-26(4)35(28(6)36(42)38(32,11)12)46-48(14,15)37(8,9)10/h19-20,22,25-26,28,31-33,35H,16-18,21,23-24H2,1-15H3/b20-19+,27-22+/t26-,28+,31-,32-,33-,35-,39+/m0/s1. The topological polar surface area (TPSA) is 87.2 Å². The van der Waals surface area contributed by atoms with Gasteiger partial charge in [0.1, 0.15) is 11.9 Å². The van der Waals surface area contributed by atoms with Gasteiger partial charge in [-0.2, -0.15) is 0 Å². The molecule has 0 radical (unpaired) electrons. The number of hydrogen-bond acceptors (Lipinski definition) is 8. The lowest BCUT2D eigenvalue weighted by Crippen LogP contribution is -2.53. The number of ketones is 1. The molecule has 2 aliphatic rings. The number of carbonyl (C=O) groups is 2. The fourth-order valence-corrected chi connectivity index (χ4v) is 11.9. The number of epoxide rings is 1. The zero-order valence-corrected chi connectivity index (χ0v) is 36.1. The van der Waals surface area contributed by atoms with E-state index in [1.54, 1.807) is 11.3 Å². The molecule has 7 atom stereocenters. The summed E-state index contributed by atoms with van der Waals surface area (Å²) in [6, 6.07) is 2.75. The molecule has 0 amide bonds. The molecule has 1 aromatic rings. The van der Waals surface area contributed by atoms with E-state index in [2.05, 4.69) is 85.6 Å². The molecule has 0 aliphatic carbocycles. The normalized spacial score (nSPS) is 31.6. The fraction of sp³-hybridized carbons (Fsp3) is 0.769. The first-order valence-corrected chi connectivity index (χ1v) is 24.9. The average Bonchev–Trinajstić information content (AvgIpc) is 3.46. The predicted octanol–water partition coefficient (Wildman–Crippen LogP) is 10.3. The number of Topliss-reactive ketones (excluding diaryl/α,β-unsaturated/α-hetero) is 1. The van der Waals surface area contributed by atoms with Crippen molar-refractivity contribution in [3.8, 4) is 0 Å². The lowest BCUT2D eigenvalue weighted by molar-refractivity contribution is -0.153. The van der Waals surface area contributed by atoms with Crippen LogP contribution in [0, 0.1) is 24.2 Å². The number of nitrogens with zero attached hydrogens (tertiary/aromatic N) is 1. The van der Waals surface area contributed by atoms with Crippen molar-refractivity contribution in [2.75, 3.05) is 0 Å². The molecule has 0 aromatic carbocycles. The Morgan fingerprint density at radius 2 is 1.69 bits per heavy atom. The van der Waals surface area contributed by atoms with Crippen LogP contribution in [0.25, 0.3) is 6.08 Å².